The summed E-state index contributed by atoms with van der Waals surface area (Å²) in [6, 6.07) is 16.4. The zero-order valence-electron chi connectivity index (χ0n) is 16.7. The highest BCUT2D eigenvalue weighted by atomic mass is 32.2. The predicted octanol–water partition coefficient (Wildman–Crippen LogP) is 4.13. The molecule has 152 valence electrons. The first kappa shape index (κ1) is 21.1. The van der Waals surface area contributed by atoms with Gasteiger partial charge in [0.2, 0.25) is 5.91 Å². The topological polar surface area (TPSA) is 92.8 Å². The molecule has 3 rings (SSSR count). The molecule has 1 amide bonds. The van der Waals surface area contributed by atoms with E-state index in [0.29, 0.717) is 34.5 Å². The molecule has 0 unspecified atom stereocenters. The van der Waals surface area contributed by atoms with Gasteiger partial charge in [0, 0.05) is 12.2 Å². The van der Waals surface area contributed by atoms with Crippen molar-refractivity contribution in [3.8, 4) is 23.2 Å². The first-order chi connectivity index (χ1) is 14.6. The van der Waals surface area contributed by atoms with E-state index in [1.54, 1.807) is 44.4 Å². The minimum Gasteiger partial charge on any atom is -0.496 e. The van der Waals surface area contributed by atoms with Crippen molar-refractivity contribution >= 4 is 23.4 Å². The number of aromatic nitrogens is 3. The maximum Gasteiger partial charge on any atom is 0.237 e. The van der Waals surface area contributed by atoms with Crippen molar-refractivity contribution in [2.75, 3.05) is 12.4 Å². The van der Waals surface area contributed by atoms with E-state index in [2.05, 4.69) is 28.2 Å². The number of amides is 1. The largest absolute Gasteiger partial charge is 0.496 e. The van der Waals surface area contributed by atoms with Gasteiger partial charge in [-0.2, -0.15) is 5.26 Å². The molecular formula is C22H21N5O2S. The maximum atomic E-state index is 12.7. The molecule has 1 N–H and O–H groups in total. The van der Waals surface area contributed by atoms with Gasteiger partial charge in [0.25, 0.3) is 0 Å². The number of hydrogen-bond acceptors (Lipinski definition) is 6. The summed E-state index contributed by atoms with van der Waals surface area (Å²) < 4.78 is 7.34. The monoisotopic (exact) mass is 419 g/mol. The third-order valence-electron chi connectivity index (χ3n) is 4.29. The molecule has 0 saturated heterocycles. The van der Waals surface area contributed by atoms with Crippen LogP contribution >= 0.6 is 11.8 Å². The third-order valence-corrected chi connectivity index (χ3v) is 5.37. The minimum atomic E-state index is -0.436. The van der Waals surface area contributed by atoms with Gasteiger partial charge in [-0.25, -0.2) is 0 Å². The lowest BCUT2D eigenvalue weighted by atomic mass is 10.2. The molecule has 0 aliphatic carbocycles. The van der Waals surface area contributed by atoms with Gasteiger partial charge in [0.05, 0.1) is 29.6 Å². The van der Waals surface area contributed by atoms with Crippen molar-refractivity contribution in [2.45, 2.75) is 23.9 Å². The lowest BCUT2D eigenvalue weighted by Crippen LogP contribution is -2.23. The second-order valence-corrected chi connectivity index (χ2v) is 7.66. The molecule has 1 heterocycles. The van der Waals surface area contributed by atoms with E-state index in [9.17, 15) is 4.79 Å². The minimum absolute atomic E-state index is 0.193. The van der Waals surface area contributed by atoms with E-state index in [4.69, 9.17) is 10.00 Å². The van der Waals surface area contributed by atoms with Crippen molar-refractivity contribution in [3.05, 3.63) is 66.7 Å². The maximum absolute atomic E-state index is 12.7. The first-order valence-corrected chi connectivity index (χ1v) is 10.1. The fraction of sp³-hybridized carbons (Fsp3) is 0.182. The summed E-state index contributed by atoms with van der Waals surface area (Å²) in [5.41, 5.74) is 1.88. The Balaban J connectivity index is 1.82. The van der Waals surface area contributed by atoms with Gasteiger partial charge in [-0.05, 0) is 37.3 Å². The summed E-state index contributed by atoms with van der Waals surface area (Å²) >= 11 is 1.30. The molecule has 0 fully saturated rings. The fourth-order valence-corrected chi connectivity index (χ4v) is 3.68. The molecule has 2 aromatic carbocycles. The van der Waals surface area contributed by atoms with Gasteiger partial charge < -0.3 is 10.1 Å². The van der Waals surface area contributed by atoms with Gasteiger partial charge in [-0.15, -0.1) is 16.8 Å². The Hall–Kier alpha value is -3.57. The number of methoxy groups -OCH3 is 1. The lowest BCUT2D eigenvalue weighted by molar-refractivity contribution is -0.115. The molecule has 8 heteroatoms. The van der Waals surface area contributed by atoms with Crippen LogP contribution in [0.5, 0.6) is 5.75 Å². The van der Waals surface area contributed by atoms with Crippen LogP contribution in [-0.2, 0) is 11.3 Å². The molecule has 0 aliphatic heterocycles. The number of benzene rings is 2. The molecule has 0 saturated carbocycles. The Kier molecular flexibility index (Phi) is 6.88. The highest BCUT2D eigenvalue weighted by molar-refractivity contribution is 8.00. The van der Waals surface area contributed by atoms with Crippen LogP contribution in [0.4, 0.5) is 5.69 Å². The quantitative estimate of drug-likeness (QED) is 0.436. The summed E-state index contributed by atoms with van der Waals surface area (Å²) in [4.78, 5) is 12.7. The third kappa shape index (κ3) is 4.70. The van der Waals surface area contributed by atoms with Gasteiger partial charge >= 0.3 is 0 Å². The number of allylic oxidation sites excluding steroid dienone is 1. The number of nitrogens with one attached hydrogen (secondary N) is 1. The number of nitriles is 1. The molecule has 0 radical (unpaired) electrons. The second-order valence-electron chi connectivity index (χ2n) is 6.35. The number of anilines is 1. The van der Waals surface area contributed by atoms with Crippen molar-refractivity contribution < 1.29 is 9.53 Å². The van der Waals surface area contributed by atoms with Crippen molar-refractivity contribution in [1.82, 2.24) is 14.8 Å². The number of carbonyl (C=O) groups excluding carboxylic acids is 1. The molecule has 3 aromatic rings. The molecule has 0 bridgehead atoms. The molecule has 1 atom stereocenters. The summed E-state index contributed by atoms with van der Waals surface area (Å²) in [5.74, 6) is 1.14. The van der Waals surface area contributed by atoms with E-state index in [1.165, 1.54) is 11.8 Å². The van der Waals surface area contributed by atoms with E-state index in [1.807, 2.05) is 28.8 Å². The van der Waals surface area contributed by atoms with Crippen LogP contribution in [0, 0.1) is 11.3 Å². The normalized spacial score (nSPS) is 11.4. The number of nitrogens with zero attached hydrogens (tertiary/aromatic N) is 4. The number of thioether (sulfide) groups is 1. The number of rotatable bonds is 8. The summed E-state index contributed by atoms with van der Waals surface area (Å²) in [6.07, 6.45) is 1.75. The number of carbonyl (C=O) groups is 1. The average molecular weight is 420 g/mol. The summed E-state index contributed by atoms with van der Waals surface area (Å²) in [5, 5.41) is 20.6. The molecule has 7 nitrogen and oxygen atoms in total. The van der Waals surface area contributed by atoms with Gasteiger partial charge in [0.1, 0.15) is 5.75 Å². The Morgan fingerprint density at radius 3 is 2.87 bits per heavy atom. The highest BCUT2D eigenvalue weighted by Gasteiger charge is 2.22. The van der Waals surface area contributed by atoms with E-state index in [-0.39, 0.29) is 5.91 Å². The van der Waals surface area contributed by atoms with E-state index < -0.39 is 5.25 Å². The number of ether oxygens (including phenoxy) is 1. The zero-order chi connectivity index (χ0) is 21.5. The Morgan fingerprint density at radius 2 is 2.13 bits per heavy atom. The lowest BCUT2D eigenvalue weighted by Gasteiger charge is -2.14. The van der Waals surface area contributed by atoms with Gasteiger partial charge in [-0.1, -0.05) is 36.0 Å². The predicted molar refractivity (Wildman–Crippen MR) is 117 cm³/mol. The molecule has 0 spiro atoms. The summed E-state index contributed by atoms with van der Waals surface area (Å²) in [6.45, 7) is 6.10. The molecule has 30 heavy (non-hydrogen) atoms. The van der Waals surface area contributed by atoms with E-state index >= 15 is 0 Å². The Labute approximate surface area is 179 Å². The van der Waals surface area contributed by atoms with Crippen LogP contribution in [0.1, 0.15) is 12.5 Å². The van der Waals surface area contributed by atoms with Crippen LogP contribution in [0.3, 0.4) is 0 Å². The van der Waals surface area contributed by atoms with Crippen LogP contribution in [0.25, 0.3) is 11.4 Å². The molecule has 1 aromatic heterocycles. The SMILES string of the molecule is C=CCn1c(S[C@H](C)C(=O)Nc2cccc(C#N)c2)nnc1-c1ccccc1OC. The zero-order valence-corrected chi connectivity index (χ0v) is 17.5. The second kappa shape index (κ2) is 9.76. The van der Waals surface area contributed by atoms with Crippen LogP contribution in [0.2, 0.25) is 0 Å². The standard InChI is InChI=1S/C22H21N5O2S/c1-4-12-27-20(18-10-5-6-11-19(18)29-3)25-26-22(27)30-15(2)21(28)24-17-9-7-8-16(13-17)14-23/h4-11,13,15H,1,12H2,2-3H3,(H,24,28)/t15-/m1/s1. The smallest absolute Gasteiger partial charge is 0.237 e. The number of hydrogen-bond donors (Lipinski definition) is 1. The van der Waals surface area contributed by atoms with Crippen molar-refractivity contribution in [3.63, 3.8) is 0 Å². The molecular weight excluding hydrogens is 398 g/mol. The fourth-order valence-electron chi connectivity index (χ4n) is 2.82. The Bertz CT molecular complexity index is 1100. The van der Waals surface area contributed by atoms with E-state index in [0.717, 1.165) is 5.56 Å². The Morgan fingerprint density at radius 1 is 1.33 bits per heavy atom. The van der Waals surface area contributed by atoms with Gasteiger partial charge in [-0.3, -0.25) is 9.36 Å². The summed E-state index contributed by atoms with van der Waals surface area (Å²) in [7, 11) is 1.61. The van der Waals surface area contributed by atoms with Crippen molar-refractivity contribution in [1.29, 1.82) is 5.26 Å². The van der Waals surface area contributed by atoms with Crippen LogP contribution in [0.15, 0.2) is 66.3 Å². The first-order valence-electron chi connectivity index (χ1n) is 9.22. The van der Waals surface area contributed by atoms with Crippen molar-refractivity contribution in [2.24, 2.45) is 0 Å². The van der Waals surface area contributed by atoms with Crippen LogP contribution < -0.4 is 10.1 Å². The average Bonchev–Trinajstić information content (AvgIpc) is 3.16. The van der Waals surface area contributed by atoms with Crippen LogP contribution in [-0.4, -0.2) is 33.0 Å². The van der Waals surface area contributed by atoms with Gasteiger partial charge in [0.15, 0.2) is 11.0 Å². The highest BCUT2D eigenvalue weighted by Crippen LogP contribution is 2.32. The number of para-hydroxylation sites is 1. The molecule has 0 aliphatic rings.